The third-order valence-corrected chi connectivity index (χ3v) is 1.92. The van der Waals surface area contributed by atoms with Gasteiger partial charge in [-0.3, -0.25) is 0 Å². The van der Waals surface area contributed by atoms with E-state index < -0.39 is 22.9 Å². The van der Waals surface area contributed by atoms with E-state index in [0.29, 0.717) is 0 Å². The average molecular weight is 214 g/mol. The van der Waals surface area contributed by atoms with E-state index in [9.17, 15) is 9.59 Å². The molecule has 0 aromatic carbocycles. The molecule has 0 radical (unpaired) electrons. The molecule has 0 aromatic rings. The van der Waals surface area contributed by atoms with E-state index in [-0.39, 0.29) is 6.54 Å². The van der Waals surface area contributed by atoms with E-state index >= 15 is 0 Å². The Bertz CT molecular complexity index is 319. The molecule has 84 valence electrons. The summed E-state index contributed by atoms with van der Waals surface area (Å²) in [6.07, 6.45) is 0. The Hall–Kier alpha value is -1.46. The van der Waals surface area contributed by atoms with Crippen LogP contribution in [0.25, 0.3) is 0 Å². The van der Waals surface area contributed by atoms with Crippen molar-refractivity contribution in [1.82, 2.24) is 0 Å². The van der Waals surface area contributed by atoms with Crippen LogP contribution in [0, 0.1) is 5.41 Å². The molecule has 6 nitrogen and oxygen atoms in total. The van der Waals surface area contributed by atoms with E-state index in [1.54, 1.807) is 27.7 Å². The zero-order chi connectivity index (χ0) is 11.7. The molecule has 0 saturated heterocycles. The third kappa shape index (κ3) is 2.51. The number of hydrogen-bond acceptors (Lipinski definition) is 6. The summed E-state index contributed by atoms with van der Waals surface area (Å²) in [5, 5.41) is 7.15. The van der Waals surface area contributed by atoms with Crippen LogP contribution in [-0.4, -0.2) is 24.0 Å². The first-order chi connectivity index (χ1) is 6.76. The van der Waals surface area contributed by atoms with Crippen LogP contribution in [0.15, 0.2) is 10.2 Å². The number of nitrogens with zero attached hydrogens (tertiary/aromatic N) is 2. The van der Waals surface area contributed by atoms with Crippen molar-refractivity contribution in [2.45, 2.75) is 33.2 Å². The van der Waals surface area contributed by atoms with Gasteiger partial charge in [-0.15, -0.1) is 0 Å². The van der Waals surface area contributed by atoms with Gasteiger partial charge >= 0.3 is 11.9 Å². The second kappa shape index (κ2) is 3.60. The highest BCUT2D eigenvalue weighted by Gasteiger charge is 2.42. The lowest BCUT2D eigenvalue weighted by molar-refractivity contribution is -0.269. The summed E-state index contributed by atoms with van der Waals surface area (Å²) >= 11 is 0. The second-order valence-corrected chi connectivity index (χ2v) is 4.66. The van der Waals surface area contributed by atoms with Crippen molar-refractivity contribution in [3.8, 4) is 0 Å². The van der Waals surface area contributed by atoms with Gasteiger partial charge in [0.05, 0.1) is 12.0 Å². The van der Waals surface area contributed by atoms with Gasteiger partial charge in [-0.2, -0.15) is 10.2 Å². The molecule has 1 heterocycles. The molecule has 0 spiro atoms. The van der Waals surface area contributed by atoms with E-state index in [1.807, 2.05) is 0 Å². The van der Waals surface area contributed by atoms with Crippen LogP contribution in [0.1, 0.15) is 27.7 Å². The molecule has 6 heteroatoms. The van der Waals surface area contributed by atoms with E-state index in [1.165, 1.54) is 0 Å². The standard InChI is InChI=1S/C9H14N2O4/c1-8(2,3)6(12)14-15-7(13)9(4)5-10-11-9/h5H2,1-4H3. The number of hydrogen-bond donors (Lipinski definition) is 0. The molecule has 0 fully saturated rings. The van der Waals surface area contributed by atoms with E-state index in [2.05, 4.69) is 20.0 Å². The summed E-state index contributed by atoms with van der Waals surface area (Å²) in [5.41, 5.74) is -1.69. The van der Waals surface area contributed by atoms with Crippen LogP contribution in [0.3, 0.4) is 0 Å². The van der Waals surface area contributed by atoms with Gasteiger partial charge in [-0.1, -0.05) is 0 Å². The summed E-state index contributed by atoms with van der Waals surface area (Å²) in [5.74, 6) is -1.30. The monoisotopic (exact) mass is 214 g/mol. The Balaban J connectivity index is 2.42. The minimum Gasteiger partial charge on any atom is -0.247 e. The van der Waals surface area contributed by atoms with Crippen molar-refractivity contribution in [2.75, 3.05) is 6.54 Å². The average Bonchev–Trinajstić information content (AvgIpc) is 2.07. The lowest BCUT2D eigenvalue weighted by Crippen LogP contribution is -2.43. The number of carbonyl (C=O) groups excluding carboxylic acids is 2. The molecule has 1 aliphatic rings. The molecule has 1 atom stereocenters. The van der Waals surface area contributed by atoms with Crippen LogP contribution < -0.4 is 0 Å². The number of azo groups is 1. The van der Waals surface area contributed by atoms with Crippen molar-refractivity contribution in [3.05, 3.63) is 0 Å². The number of rotatable bonds is 1. The highest BCUT2D eigenvalue weighted by molar-refractivity contribution is 5.82. The van der Waals surface area contributed by atoms with Gasteiger partial charge in [0.25, 0.3) is 0 Å². The first kappa shape index (κ1) is 11.6. The fraction of sp³-hybridized carbons (Fsp3) is 0.778. The highest BCUT2D eigenvalue weighted by Crippen LogP contribution is 2.23. The van der Waals surface area contributed by atoms with Crippen LogP contribution in [0.5, 0.6) is 0 Å². The Morgan fingerprint density at radius 1 is 1.27 bits per heavy atom. The van der Waals surface area contributed by atoms with Crippen molar-refractivity contribution in [3.63, 3.8) is 0 Å². The molecular formula is C9H14N2O4. The molecule has 0 bridgehead atoms. The molecule has 1 rings (SSSR count). The maximum absolute atomic E-state index is 11.3. The molecule has 0 saturated carbocycles. The van der Waals surface area contributed by atoms with Gasteiger partial charge in [0, 0.05) is 0 Å². The normalized spacial score (nSPS) is 24.3. The second-order valence-electron chi connectivity index (χ2n) is 4.66. The molecule has 0 aliphatic carbocycles. The Morgan fingerprint density at radius 2 is 1.80 bits per heavy atom. The van der Waals surface area contributed by atoms with Crippen molar-refractivity contribution in [1.29, 1.82) is 0 Å². The lowest BCUT2D eigenvalue weighted by Gasteiger charge is -2.24. The fourth-order valence-electron chi connectivity index (χ4n) is 0.679. The summed E-state index contributed by atoms with van der Waals surface area (Å²) in [6, 6.07) is 0. The maximum Gasteiger partial charge on any atom is 0.386 e. The largest absolute Gasteiger partial charge is 0.386 e. The first-order valence-corrected chi connectivity index (χ1v) is 4.58. The smallest absolute Gasteiger partial charge is 0.247 e. The fourth-order valence-corrected chi connectivity index (χ4v) is 0.679. The van der Waals surface area contributed by atoms with Crippen molar-refractivity contribution >= 4 is 11.9 Å². The predicted octanol–water partition coefficient (Wildman–Crippen LogP) is 1.26. The van der Waals surface area contributed by atoms with Crippen molar-refractivity contribution in [2.24, 2.45) is 15.6 Å². The SMILES string of the molecule is CC(C)(C)C(=O)OOC(=O)C1(C)CN=N1. The quantitative estimate of drug-likeness (QED) is 0.486. The topological polar surface area (TPSA) is 77.3 Å². The number of carbonyl (C=O) groups is 2. The zero-order valence-electron chi connectivity index (χ0n) is 9.23. The first-order valence-electron chi connectivity index (χ1n) is 4.58. The van der Waals surface area contributed by atoms with Crippen LogP contribution in [-0.2, 0) is 19.4 Å². The van der Waals surface area contributed by atoms with Gasteiger partial charge in [0.1, 0.15) is 0 Å². The van der Waals surface area contributed by atoms with Gasteiger partial charge in [-0.05, 0) is 27.7 Å². The third-order valence-electron chi connectivity index (χ3n) is 1.92. The van der Waals surface area contributed by atoms with Gasteiger partial charge < -0.3 is 0 Å². The highest BCUT2D eigenvalue weighted by atomic mass is 17.2. The summed E-state index contributed by atoms with van der Waals surface area (Å²) < 4.78 is 0. The molecular weight excluding hydrogens is 200 g/mol. The van der Waals surface area contributed by atoms with Gasteiger partial charge in [0.15, 0.2) is 0 Å². The van der Waals surface area contributed by atoms with Crippen LogP contribution >= 0.6 is 0 Å². The minimum absolute atomic E-state index is 0.263. The van der Waals surface area contributed by atoms with E-state index in [4.69, 9.17) is 0 Å². The molecule has 0 N–H and O–H groups in total. The Morgan fingerprint density at radius 3 is 2.13 bits per heavy atom. The maximum atomic E-state index is 11.3. The molecule has 1 aliphatic heterocycles. The van der Waals surface area contributed by atoms with Gasteiger partial charge in [0.2, 0.25) is 5.54 Å². The predicted molar refractivity (Wildman–Crippen MR) is 49.8 cm³/mol. The Labute approximate surface area is 87.6 Å². The Kier molecular flexibility index (Phi) is 2.79. The van der Waals surface area contributed by atoms with E-state index in [0.717, 1.165) is 0 Å². The minimum atomic E-state index is -0.988. The zero-order valence-corrected chi connectivity index (χ0v) is 9.23. The van der Waals surface area contributed by atoms with Crippen molar-refractivity contribution < 1.29 is 19.4 Å². The summed E-state index contributed by atoms with van der Waals surface area (Å²) in [7, 11) is 0. The molecule has 1 unspecified atom stereocenters. The lowest BCUT2D eigenvalue weighted by atomic mass is 9.98. The summed E-state index contributed by atoms with van der Waals surface area (Å²) in [4.78, 5) is 31.4. The van der Waals surface area contributed by atoms with Gasteiger partial charge in [-0.25, -0.2) is 19.4 Å². The molecule has 15 heavy (non-hydrogen) atoms. The van der Waals surface area contributed by atoms with Crippen LogP contribution in [0.4, 0.5) is 0 Å². The molecule has 0 aromatic heterocycles. The molecule has 0 amide bonds. The van der Waals surface area contributed by atoms with Crippen LogP contribution in [0.2, 0.25) is 0 Å². The summed E-state index contributed by atoms with van der Waals surface area (Å²) in [6.45, 7) is 6.81.